The molecule has 0 atom stereocenters. The molecule has 0 radical (unpaired) electrons. The molecule has 0 saturated carbocycles. The van der Waals surface area contributed by atoms with Crippen LogP contribution in [0.3, 0.4) is 0 Å². The third kappa shape index (κ3) is 7.16. The molecule has 1 aromatic carbocycles. The van der Waals surface area contributed by atoms with Crippen molar-refractivity contribution in [1.29, 1.82) is 0 Å². The second-order valence-corrected chi connectivity index (χ2v) is 7.95. The average Bonchev–Trinajstić information content (AvgIpc) is 2.34. The molecule has 4 nitrogen and oxygen atoms in total. The van der Waals surface area contributed by atoms with Gasteiger partial charge in [0.25, 0.3) is 0 Å². The first kappa shape index (κ1) is 19.7. The standard InChI is InChI=1S/C18H25BrO4/c1-17(2,3)22-15(20)10-13-8-7-12(11-19)9-14(13)16(21)23-18(4,5)6/h7-9H,10-11H2,1-6H3. The van der Waals surface area contributed by atoms with Crippen molar-refractivity contribution < 1.29 is 19.1 Å². The van der Waals surface area contributed by atoms with Crippen molar-refractivity contribution in [2.45, 2.75) is 64.5 Å². The van der Waals surface area contributed by atoms with Crippen LogP contribution in [0.4, 0.5) is 0 Å². The zero-order valence-electron chi connectivity index (χ0n) is 14.7. The molecule has 0 bridgehead atoms. The van der Waals surface area contributed by atoms with Crippen LogP contribution in [0.5, 0.6) is 0 Å². The van der Waals surface area contributed by atoms with Gasteiger partial charge in [-0.3, -0.25) is 4.79 Å². The molecule has 0 aliphatic rings. The van der Waals surface area contributed by atoms with Crippen LogP contribution in [0.25, 0.3) is 0 Å². The predicted octanol–water partition coefficient (Wildman–Crippen LogP) is 4.42. The fraction of sp³-hybridized carbons (Fsp3) is 0.556. The molecular weight excluding hydrogens is 360 g/mol. The Balaban J connectivity index is 3.07. The molecule has 1 aromatic rings. The van der Waals surface area contributed by atoms with Crippen LogP contribution < -0.4 is 0 Å². The minimum Gasteiger partial charge on any atom is -0.460 e. The van der Waals surface area contributed by atoms with Crippen molar-refractivity contribution >= 4 is 27.9 Å². The molecule has 0 aromatic heterocycles. The topological polar surface area (TPSA) is 52.6 Å². The molecule has 1 rings (SSSR count). The first-order valence-electron chi connectivity index (χ1n) is 7.54. The molecule has 0 amide bonds. The molecule has 0 aliphatic heterocycles. The van der Waals surface area contributed by atoms with Gasteiger partial charge in [-0.15, -0.1) is 0 Å². The number of carbonyl (C=O) groups excluding carboxylic acids is 2. The summed E-state index contributed by atoms with van der Waals surface area (Å²) in [5.74, 6) is -0.798. The van der Waals surface area contributed by atoms with Gasteiger partial charge in [0.1, 0.15) is 11.2 Å². The number of rotatable bonds is 4. The summed E-state index contributed by atoms with van der Waals surface area (Å²) in [6, 6.07) is 5.41. The molecule has 0 heterocycles. The molecule has 0 fully saturated rings. The van der Waals surface area contributed by atoms with Gasteiger partial charge in [0, 0.05) is 5.33 Å². The van der Waals surface area contributed by atoms with E-state index in [4.69, 9.17) is 9.47 Å². The van der Waals surface area contributed by atoms with Gasteiger partial charge in [-0.25, -0.2) is 4.79 Å². The maximum atomic E-state index is 12.4. The average molecular weight is 385 g/mol. The SMILES string of the molecule is CC(C)(C)OC(=O)Cc1ccc(CBr)cc1C(=O)OC(C)(C)C. The summed E-state index contributed by atoms with van der Waals surface area (Å²) in [7, 11) is 0. The maximum Gasteiger partial charge on any atom is 0.338 e. The molecule has 0 aliphatic carbocycles. The summed E-state index contributed by atoms with van der Waals surface area (Å²) < 4.78 is 10.8. The van der Waals surface area contributed by atoms with E-state index in [9.17, 15) is 9.59 Å². The summed E-state index contributed by atoms with van der Waals surface area (Å²) >= 11 is 3.37. The smallest absolute Gasteiger partial charge is 0.338 e. The lowest BCUT2D eigenvalue weighted by Crippen LogP contribution is -2.27. The highest BCUT2D eigenvalue weighted by atomic mass is 79.9. The molecule has 23 heavy (non-hydrogen) atoms. The van der Waals surface area contributed by atoms with Crippen LogP contribution in [0.15, 0.2) is 18.2 Å². The molecule has 128 valence electrons. The van der Waals surface area contributed by atoms with Gasteiger partial charge >= 0.3 is 11.9 Å². The summed E-state index contributed by atoms with van der Waals surface area (Å²) in [4.78, 5) is 24.5. The summed E-state index contributed by atoms with van der Waals surface area (Å²) in [5.41, 5.74) is 0.809. The zero-order valence-corrected chi connectivity index (χ0v) is 16.2. The van der Waals surface area contributed by atoms with Crippen molar-refractivity contribution in [2.75, 3.05) is 0 Å². The Bertz CT molecular complexity index is 580. The minimum atomic E-state index is -0.593. The Morgan fingerprint density at radius 1 is 1.00 bits per heavy atom. The lowest BCUT2D eigenvalue weighted by Gasteiger charge is -2.22. The number of carbonyl (C=O) groups is 2. The number of benzene rings is 1. The highest BCUT2D eigenvalue weighted by Crippen LogP contribution is 2.20. The summed E-state index contributed by atoms with van der Waals surface area (Å²) in [5, 5.41) is 0.621. The lowest BCUT2D eigenvalue weighted by atomic mass is 10.0. The second-order valence-electron chi connectivity index (χ2n) is 7.39. The van der Waals surface area contributed by atoms with E-state index in [1.807, 2.05) is 47.6 Å². The van der Waals surface area contributed by atoms with Crippen molar-refractivity contribution in [2.24, 2.45) is 0 Å². The van der Waals surface area contributed by atoms with Gasteiger partial charge < -0.3 is 9.47 Å². The fourth-order valence-corrected chi connectivity index (χ4v) is 2.27. The fourth-order valence-electron chi connectivity index (χ4n) is 1.92. The Labute approximate surface area is 146 Å². The van der Waals surface area contributed by atoms with E-state index in [-0.39, 0.29) is 12.4 Å². The maximum absolute atomic E-state index is 12.4. The van der Waals surface area contributed by atoms with Crippen LogP contribution in [-0.2, 0) is 26.0 Å². The zero-order chi connectivity index (χ0) is 17.8. The Hall–Kier alpha value is -1.36. The monoisotopic (exact) mass is 384 g/mol. The first-order valence-corrected chi connectivity index (χ1v) is 8.66. The molecule has 0 spiro atoms. The van der Waals surface area contributed by atoms with Crippen molar-refractivity contribution in [3.8, 4) is 0 Å². The number of esters is 2. The van der Waals surface area contributed by atoms with Gasteiger partial charge in [0.15, 0.2) is 0 Å². The quantitative estimate of drug-likeness (QED) is 0.569. The Kier molecular flexibility index (Phi) is 6.40. The van der Waals surface area contributed by atoms with E-state index >= 15 is 0 Å². The summed E-state index contributed by atoms with van der Waals surface area (Å²) in [6.45, 7) is 10.9. The van der Waals surface area contributed by atoms with Crippen molar-refractivity contribution in [3.05, 3.63) is 34.9 Å². The predicted molar refractivity (Wildman–Crippen MR) is 93.8 cm³/mol. The van der Waals surface area contributed by atoms with E-state index in [1.165, 1.54) is 0 Å². The molecule has 0 unspecified atom stereocenters. The van der Waals surface area contributed by atoms with Crippen LogP contribution in [0.1, 0.15) is 63.0 Å². The van der Waals surface area contributed by atoms with Crippen molar-refractivity contribution in [3.63, 3.8) is 0 Å². The normalized spacial score (nSPS) is 12.0. The number of alkyl halides is 1. The van der Waals surface area contributed by atoms with Gasteiger partial charge in [-0.05, 0) is 58.7 Å². The number of hydrogen-bond acceptors (Lipinski definition) is 4. The number of hydrogen-bond donors (Lipinski definition) is 0. The molecule has 0 N–H and O–H groups in total. The van der Waals surface area contributed by atoms with Crippen LogP contribution in [0, 0.1) is 0 Å². The second kappa shape index (κ2) is 7.47. The highest BCUT2D eigenvalue weighted by Gasteiger charge is 2.23. The number of halogens is 1. The molecule has 0 saturated heterocycles. The van der Waals surface area contributed by atoms with Crippen LogP contribution in [-0.4, -0.2) is 23.1 Å². The third-order valence-corrected chi connectivity index (χ3v) is 3.35. The number of ether oxygens (including phenoxy) is 2. The van der Waals surface area contributed by atoms with E-state index in [2.05, 4.69) is 15.9 Å². The van der Waals surface area contributed by atoms with E-state index in [0.29, 0.717) is 16.5 Å². The highest BCUT2D eigenvalue weighted by molar-refractivity contribution is 9.08. The lowest BCUT2D eigenvalue weighted by molar-refractivity contribution is -0.153. The van der Waals surface area contributed by atoms with Crippen LogP contribution in [0.2, 0.25) is 0 Å². The van der Waals surface area contributed by atoms with E-state index < -0.39 is 17.2 Å². The van der Waals surface area contributed by atoms with E-state index in [0.717, 1.165) is 5.56 Å². The van der Waals surface area contributed by atoms with Gasteiger partial charge in [-0.2, -0.15) is 0 Å². The Morgan fingerprint density at radius 2 is 1.57 bits per heavy atom. The van der Waals surface area contributed by atoms with Gasteiger partial charge in [-0.1, -0.05) is 28.1 Å². The van der Waals surface area contributed by atoms with E-state index in [1.54, 1.807) is 12.1 Å². The van der Waals surface area contributed by atoms with Gasteiger partial charge in [0.2, 0.25) is 0 Å². The minimum absolute atomic E-state index is 0.0361. The summed E-state index contributed by atoms with van der Waals surface area (Å²) in [6.07, 6.45) is 0.0361. The molecule has 5 heteroatoms. The van der Waals surface area contributed by atoms with Crippen LogP contribution >= 0.6 is 15.9 Å². The Morgan fingerprint density at radius 3 is 2.04 bits per heavy atom. The third-order valence-electron chi connectivity index (χ3n) is 2.70. The first-order chi connectivity index (χ1) is 10.4. The van der Waals surface area contributed by atoms with Gasteiger partial charge in [0.05, 0.1) is 12.0 Å². The molecular formula is C18H25BrO4. The van der Waals surface area contributed by atoms with Crippen molar-refractivity contribution in [1.82, 2.24) is 0 Å². The largest absolute Gasteiger partial charge is 0.460 e.